The minimum atomic E-state index is -0.467. The Morgan fingerprint density at radius 2 is 1.60 bits per heavy atom. The molecule has 4 nitrogen and oxygen atoms in total. The van der Waals surface area contributed by atoms with Gasteiger partial charge in [0.2, 0.25) is 0 Å². The fraction of sp³-hybridized carbons (Fsp3) is 0.200. The third kappa shape index (κ3) is 2.24. The van der Waals surface area contributed by atoms with Gasteiger partial charge >= 0.3 is 0 Å². The summed E-state index contributed by atoms with van der Waals surface area (Å²) in [6, 6.07) is 10.2. The molecule has 2 rings (SSSR count). The average molecular weight is 282 g/mol. The van der Waals surface area contributed by atoms with Crippen LogP contribution in [0.5, 0.6) is 0 Å². The molecule has 1 aromatic rings. The summed E-state index contributed by atoms with van der Waals surface area (Å²) in [5, 5.41) is 19.5. The number of benzene rings is 1. The summed E-state index contributed by atoms with van der Waals surface area (Å²) in [7, 11) is 0. The lowest BCUT2D eigenvalue weighted by Crippen LogP contribution is -2.19. The molecular weight excluding hydrogens is 268 g/mol. The molecular formula is C15H14N4S. The first-order valence-corrected chi connectivity index (χ1v) is 6.85. The van der Waals surface area contributed by atoms with E-state index in [9.17, 15) is 10.5 Å². The van der Waals surface area contributed by atoms with Crippen molar-refractivity contribution in [3.05, 3.63) is 56.1 Å². The molecule has 0 fully saturated rings. The zero-order valence-corrected chi connectivity index (χ0v) is 12.1. The molecule has 0 aliphatic carbocycles. The lowest BCUT2D eigenvalue weighted by molar-refractivity contribution is 0.942. The fourth-order valence-corrected chi connectivity index (χ4v) is 3.06. The van der Waals surface area contributed by atoms with E-state index in [-0.39, 0.29) is 0 Å². The fourth-order valence-electron chi connectivity index (χ4n) is 2.28. The molecule has 1 aromatic carbocycles. The Hall–Kier alpha value is -2.37. The molecule has 0 bridgehead atoms. The number of thioether (sulfide) groups is 1. The van der Waals surface area contributed by atoms with Gasteiger partial charge < -0.3 is 11.5 Å². The van der Waals surface area contributed by atoms with Crippen molar-refractivity contribution in [2.75, 3.05) is 0 Å². The molecule has 0 radical (unpaired) electrons. The summed E-state index contributed by atoms with van der Waals surface area (Å²) in [6.45, 7) is 3.92. The minimum absolute atomic E-state index is 0.370. The van der Waals surface area contributed by atoms with Crippen molar-refractivity contribution in [1.82, 2.24) is 0 Å². The quantitative estimate of drug-likeness (QED) is 0.824. The monoisotopic (exact) mass is 282 g/mol. The number of nitrogens with two attached hydrogens (primary N) is 2. The predicted molar refractivity (Wildman–Crippen MR) is 79.9 cm³/mol. The number of hydrogen-bond acceptors (Lipinski definition) is 5. The Kier molecular flexibility index (Phi) is 3.74. The molecule has 1 aliphatic heterocycles. The molecule has 0 spiro atoms. The largest absolute Gasteiger partial charge is 0.392 e. The Balaban J connectivity index is 2.72. The number of aryl methyl sites for hydroxylation is 2. The van der Waals surface area contributed by atoms with Gasteiger partial charge in [0.05, 0.1) is 39.3 Å². The van der Waals surface area contributed by atoms with Gasteiger partial charge in [0.15, 0.2) is 0 Å². The Bertz CT molecular complexity index is 680. The van der Waals surface area contributed by atoms with Crippen LogP contribution in [-0.4, -0.2) is 0 Å². The van der Waals surface area contributed by atoms with Crippen LogP contribution in [0.15, 0.2) is 39.4 Å². The molecule has 0 saturated carbocycles. The van der Waals surface area contributed by atoms with E-state index >= 15 is 0 Å². The van der Waals surface area contributed by atoms with Crippen LogP contribution in [0.1, 0.15) is 22.6 Å². The summed E-state index contributed by atoms with van der Waals surface area (Å²) < 4.78 is 0. The molecule has 0 amide bonds. The van der Waals surface area contributed by atoms with Gasteiger partial charge in [-0.05, 0) is 25.0 Å². The summed E-state index contributed by atoms with van der Waals surface area (Å²) in [5.74, 6) is -0.467. The number of rotatable bonds is 1. The van der Waals surface area contributed by atoms with E-state index < -0.39 is 5.92 Å². The van der Waals surface area contributed by atoms with E-state index in [0.717, 1.165) is 28.5 Å². The van der Waals surface area contributed by atoms with Crippen molar-refractivity contribution in [2.24, 2.45) is 11.5 Å². The molecule has 0 saturated heterocycles. The summed E-state index contributed by atoms with van der Waals surface area (Å²) in [6.07, 6.45) is 0. The molecule has 5 heteroatoms. The van der Waals surface area contributed by atoms with Gasteiger partial charge in [-0.2, -0.15) is 10.5 Å². The van der Waals surface area contributed by atoms with Crippen molar-refractivity contribution in [3.8, 4) is 12.1 Å². The van der Waals surface area contributed by atoms with Gasteiger partial charge in [-0.25, -0.2) is 0 Å². The molecule has 4 N–H and O–H groups in total. The molecule has 20 heavy (non-hydrogen) atoms. The number of nitrogens with zero attached hydrogens (tertiary/aromatic N) is 2. The van der Waals surface area contributed by atoms with Crippen LogP contribution >= 0.6 is 11.8 Å². The first-order valence-electron chi connectivity index (χ1n) is 6.04. The SMILES string of the molecule is Cc1ccc(C)c(C2C(C#N)=C(N)SC(N)=C2C#N)c1. The standard InChI is InChI=1S/C15H14N4S/c1-8-3-4-9(2)10(5-8)13-11(6-16)14(18)20-15(19)12(13)7-17/h3-5,13H,18-19H2,1-2H3. The first-order chi connectivity index (χ1) is 9.49. The summed E-state index contributed by atoms with van der Waals surface area (Å²) in [4.78, 5) is 0. The third-order valence-electron chi connectivity index (χ3n) is 3.31. The average Bonchev–Trinajstić information content (AvgIpc) is 2.41. The second kappa shape index (κ2) is 5.32. The van der Waals surface area contributed by atoms with Gasteiger partial charge in [0.25, 0.3) is 0 Å². The van der Waals surface area contributed by atoms with E-state index in [1.165, 1.54) is 0 Å². The summed E-state index contributed by atoms with van der Waals surface area (Å²) in [5.41, 5.74) is 15.6. The number of nitriles is 2. The molecule has 1 aliphatic rings. The maximum atomic E-state index is 9.38. The van der Waals surface area contributed by atoms with Crippen LogP contribution in [0.3, 0.4) is 0 Å². The number of hydrogen-bond donors (Lipinski definition) is 2. The van der Waals surface area contributed by atoms with Gasteiger partial charge in [-0.3, -0.25) is 0 Å². The first kappa shape index (κ1) is 14.0. The van der Waals surface area contributed by atoms with Crippen LogP contribution in [0, 0.1) is 36.5 Å². The van der Waals surface area contributed by atoms with Crippen molar-refractivity contribution in [2.45, 2.75) is 19.8 Å². The smallest absolute Gasteiger partial charge is 0.0985 e. The van der Waals surface area contributed by atoms with Gasteiger partial charge in [0, 0.05) is 0 Å². The van der Waals surface area contributed by atoms with Crippen molar-refractivity contribution in [1.29, 1.82) is 10.5 Å². The number of allylic oxidation sites excluding steroid dienone is 2. The highest BCUT2D eigenvalue weighted by Gasteiger charge is 2.31. The minimum Gasteiger partial charge on any atom is -0.392 e. The molecule has 0 atom stereocenters. The zero-order chi connectivity index (χ0) is 14.9. The Labute approximate surface area is 122 Å². The van der Waals surface area contributed by atoms with Crippen molar-refractivity contribution in [3.63, 3.8) is 0 Å². The van der Waals surface area contributed by atoms with Crippen LogP contribution in [-0.2, 0) is 0 Å². The van der Waals surface area contributed by atoms with Crippen LogP contribution in [0.2, 0.25) is 0 Å². The second-order valence-electron chi connectivity index (χ2n) is 4.67. The van der Waals surface area contributed by atoms with Gasteiger partial charge in [-0.1, -0.05) is 35.5 Å². The highest BCUT2D eigenvalue weighted by atomic mass is 32.2. The second-order valence-corrected chi connectivity index (χ2v) is 5.76. The maximum Gasteiger partial charge on any atom is 0.0985 e. The van der Waals surface area contributed by atoms with E-state index in [2.05, 4.69) is 12.1 Å². The van der Waals surface area contributed by atoms with Gasteiger partial charge in [0.1, 0.15) is 0 Å². The zero-order valence-electron chi connectivity index (χ0n) is 11.3. The molecule has 0 unspecified atom stereocenters. The van der Waals surface area contributed by atoms with Gasteiger partial charge in [-0.15, -0.1) is 0 Å². The van der Waals surface area contributed by atoms with Crippen molar-refractivity contribution >= 4 is 11.8 Å². The van der Waals surface area contributed by atoms with Crippen LogP contribution in [0.25, 0.3) is 0 Å². The lowest BCUT2D eigenvalue weighted by atomic mass is 9.83. The van der Waals surface area contributed by atoms with Crippen LogP contribution in [0.4, 0.5) is 0 Å². The van der Waals surface area contributed by atoms with E-state index in [1.807, 2.05) is 32.0 Å². The molecule has 100 valence electrons. The lowest BCUT2D eigenvalue weighted by Gasteiger charge is -2.25. The highest BCUT2D eigenvalue weighted by molar-refractivity contribution is 8.06. The topological polar surface area (TPSA) is 99.6 Å². The third-order valence-corrected chi connectivity index (χ3v) is 4.19. The molecule has 0 aromatic heterocycles. The Morgan fingerprint density at radius 3 is 2.10 bits per heavy atom. The van der Waals surface area contributed by atoms with Crippen LogP contribution < -0.4 is 11.5 Å². The van der Waals surface area contributed by atoms with E-state index in [0.29, 0.717) is 21.2 Å². The normalized spacial score (nSPS) is 16.0. The highest BCUT2D eigenvalue weighted by Crippen LogP contribution is 2.43. The van der Waals surface area contributed by atoms with E-state index in [4.69, 9.17) is 11.5 Å². The molecule has 1 heterocycles. The Morgan fingerprint density at radius 1 is 1.05 bits per heavy atom. The van der Waals surface area contributed by atoms with E-state index in [1.54, 1.807) is 0 Å². The summed E-state index contributed by atoms with van der Waals surface area (Å²) >= 11 is 1.08. The maximum absolute atomic E-state index is 9.38. The van der Waals surface area contributed by atoms with Crippen molar-refractivity contribution < 1.29 is 0 Å². The predicted octanol–water partition coefficient (Wildman–Crippen LogP) is 2.52.